The van der Waals surface area contributed by atoms with Gasteiger partial charge in [0.25, 0.3) is 0 Å². The van der Waals surface area contributed by atoms with Gasteiger partial charge in [-0.05, 0) is 76.5 Å². The summed E-state index contributed by atoms with van der Waals surface area (Å²) < 4.78 is 1.97. The summed E-state index contributed by atoms with van der Waals surface area (Å²) in [6.45, 7) is 0. The fourth-order valence-corrected chi connectivity index (χ4v) is 5.52. The maximum Gasteiger partial charge on any atom is 0.223 e. The third-order valence-corrected chi connectivity index (χ3v) is 7.82. The summed E-state index contributed by atoms with van der Waals surface area (Å²) >= 11 is 6.52. The van der Waals surface area contributed by atoms with Gasteiger partial charge in [-0.1, -0.05) is 11.6 Å². The Morgan fingerprint density at radius 1 is 0.969 bits per heavy atom. The lowest BCUT2D eigenvalue weighted by Crippen LogP contribution is -2.45. The first kappa shape index (κ1) is 22.1. The standard InChI is InChI=1S/C24H36ClN7/c1-32-22(12-15-2-3-15)20(13-28-32)23-21(25)14-27-24(31-23)30-19-10-8-18(9-11-19)29-17-6-4-16(26)5-7-17/h13-19,29H,2-12,26H2,1H3,(H,27,30,31)/t16?,17?,18-,19-. The predicted molar refractivity (Wildman–Crippen MR) is 129 cm³/mol. The monoisotopic (exact) mass is 457 g/mol. The SMILES string of the molecule is Cn1ncc(-c2nc(N[C@H]3CC[C@H](NC4CCC(N)CC4)CC3)ncc2Cl)c1CC1CC1. The lowest BCUT2D eigenvalue weighted by atomic mass is 9.87. The lowest BCUT2D eigenvalue weighted by molar-refractivity contribution is 0.272. The van der Waals surface area contributed by atoms with E-state index in [1.54, 1.807) is 6.20 Å². The van der Waals surface area contributed by atoms with Crippen LogP contribution in [0.3, 0.4) is 0 Å². The molecular weight excluding hydrogens is 422 g/mol. The van der Waals surface area contributed by atoms with Crippen LogP contribution in [-0.4, -0.2) is 43.9 Å². The number of aromatic nitrogens is 4. The van der Waals surface area contributed by atoms with Crippen LogP contribution in [0.15, 0.2) is 12.4 Å². The van der Waals surface area contributed by atoms with Crippen LogP contribution in [0, 0.1) is 5.92 Å². The van der Waals surface area contributed by atoms with Crippen molar-refractivity contribution in [1.29, 1.82) is 0 Å². The average molecular weight is 458 g/mol. The summed E-state index contributed by atoms with van der Waals surface area (Å²) in [5.41, 5.74) is 9.10. The highest BCUT2D eigenvalue weighted by atomic mass is 35.5. The minimum Gasteiger partial charge on any atom is -0.351 e. The Morgan fingerprint density at radius 2 is 1.62 bits per heavy atom. The van der Waals surface area contributed by atoms with Crippen LogP contribution in [0.1, 0.15) is 69.9 Å². The number of anilines is 1. The molecule has 0 bridgehead atoms. The van der Waals surface area contributed by atoms with E-state index in [0.717, 1.165) is 49.3 Å². The molecule has 7 nitrogen and oxygen atoms in total. The summed E-state index contributed by atoms with van der Waals surface area (Å²) in [5, 5.41) is 12.5. The van der Waals surface area contributed by atoms with Gasteiger partial charge in [0.15, 0.2) is 0 Å². The topological polar surface area (TPSA) is 93.7 Å². The van der Waals surface area contributed by atoms with Crippen molar-refractivity contribution in [3.05, 3.63) is 23.1 Å². The largest absolute Gasteiger partial charge is 0.351 e. The molecule has 3 saturated carbocycles. The van der Waals surface area contributed by atoms with Crippen molar-refractivity contribution in [2.24, 2.45) is 18.7 Å². The fourth-order valence-electron chi connectivity index (χ4n) is 5.33. The van der Waals surface area contributed by atoms with Gasteiger partial charge in [-0.15, -0.1) is 0 Å². The first-order valence-corrected chi connectivity index (χ1v) is 12.7. The second-order valence-electron chi connectivity index (χ2n) is 10.1. The van der Waals surface area contributed by atoms with E-state index in [2.05, 4.69) is 20.7 Å². The van der Waals surface area contributed by atoms with Crippen molar-refractivity contribution in [3.8, 4) is 11.3 Å². The molecule has 0 unspecified atom stereocenters. The van der Waals surface area contributed by atoms with Gasteiger partial charge >= 0.3 is 0 Å². The molecule has 2 heterocycles. The second kappa shape index (κ2) is 9.65. The molecular formula is C24H36ClN7. The Bertz CT molecular complexity index is 909. The van der Waals surface area contributed by atoms with E-state index >= 15 is 0 Å². The molecule has 174 valence electrons. The smallest absolute Gasteiger partial charge is 0.223 e. The predicted octanol–water partition coefficient (Wildman–Crippen LogP) is 4.07. The molecule has 0 radical (unpaired) electrons. The molecule has 2 aromatic rings. The second-order valence-corrected chi connectivity index (χ2v) is 10.5. The van der Waals surface area contributed by atoms with Gasteiger partial charge in [-0.25, -0.2) is 9.97 Å². The molecule has 0 aromatic carbocycles. The molecule has 0 saturated heterocycles. The fraction of sp³-hybridized carbons (Fsp3) is 0.708. The van der Waals surface area contributed by atoms with Crippen LogP contribution in [0.2, 0.25) is 5.02 Å². The van der Waals surface area contributed by atoms with E-state index in [1.807, 2.05) is 17.9 Å². The maximum absolute atomic E-state index is 6.52. The molecule has 4 N–H and O–H groups in total. The Labute approximate surface area is 195 Å². The number of halogens is 1. The Hall–Kier alpha value is -1.70. The van der Waals surface area contributed by atoms with Gasteiger partial charge in [0.2, 0.25) is 5.95 Å². The van der Waals surface area contributed by atoms with E-state index in [-0.39, 0.29) is 0 Å². The van der Waals surface area contributed by atoms with Crippen LogP contribution >= 0.6 is 11.6 Å². The average Bonchev–Trinajstić information content (AvgIpc) is 3.55. The highest BCUT2D eigenvalue weighted by molar-refractivity contribution is 6.32. The highest BCUT2D eigenvalue weighted by Gasteiger charge is 2.28. The number of nitrogens with two attached hydrogens (primary N) is 1. The molecule has 0 spiro atoms. The molecule has 3 aliphatic carbocycles. The number of nitrogens with one attached hydrogen (secondary N) is 2. The Kier molecular flexibility index (Phi) is 6.67. The molecule has 2 aromatic heterocycles. The minimum atomic E-state index is 0.404. The molecule has 0 atom stereocenters. The Balaban J connectivity index is 1.19. The van der Waals surface area contributed by atoms with Crippen molar-refractivity contribution in [1.82, 2.24) is 25.1 Å². The van der Waals surface area contributed by atoms with Crippen LogP contribution in [0.25, 0.3) is 11.3 Å². The van der Waals surface area contributed by atoms with Crippen LogP contribution in [0.4, 0.5) is 5.95 Å². The number of hydrogen-bond donors (Lipinski definition) is 3. The van der Waals surface area contributed by atoms with Crippen molar-refractivity contribution in [2.45, 2.75) is 94.8 Å². The van der Waals surface area contributed by atoms with E-state index < -0.39 is 0 Å². The minimum absolute atomic E-state index is 0.404. The molecule has 0 aliphatic heterocycles. The number of hydrogen-bond acceptors (Lipinski definition) is 6. The molecule has 3 aliphatic rings. The zero-order valence-electron chi connectivity index (χ0n) is 19.1. The zero-order chi connectivity index (χ0) is 22.1. The van der Waals surface area contributed by atoms with Crippen molar-refractivity contribution < 1.29 is 0 Å². The molecule has 32 heavy (non-hydrogen) atoms. The lowest BCUT2D eigenvalue weighted by Gasteiger charge is -2.35. The third kappa shape index (κ3) is 5.26. The molecule has 5 rings (SSSR count). The molecule has 3 fully saturated rings. The number of rotatable bonds is 7. The van der Waals surface area contributed by atoms with Crippen molar-refractivity contribution in [3.63, 3.8) is 0 Å². The van der Waals surface area contributed by atoms with Gasteiger partial charge in [-0.3, -0.25) is 4.68 Å². The number of nitrogens with zero attached hydrogens (tertiary/aromatic N) is 4. The maximum atomic E-state index is 6.52. The third-order valence-electron chi connectivity index (χ3n) is 7.54. The zero-order valence-corrected chi connectivity index (χ0v) is 19.8. The van der Waals surface area contributed by atoms with E-state index in [1.165, 1.54) is 44.2 Å². The van der Waals surface area contributed by atoms with E-state index in [9.17, 15) is 0 Å². The highest BCUT2D eigenvalue weighted by Crippen LogP contribution is 2.37. The van der Waals surface area contributed by atoms with Gasteiger partial charge in [0, 0.05) is 42.5 Å². The summed E-state index contributed by atoms with van der Waals surface area (Å²) in [7, 11) is 2.00. The Morgan fingerprint density at radius 3 is 2.31 bits per heavy atom. The summed E-state index contributed by atoms with van der Waals surface area (Å²) in [4.78, 5) is 9.30. The summed E-state index contributed by atoms with van der Waals surface area (Å²) in [5.74, 6) is 1.44. The normalized spacial score (nSPS) is 28.6. The number of aryl methyl sites for hydroxylation is 1. The van der Waals surface area contributed by atoms with Gasteiger partial charge < -0.3 is 16.4 Å². The molecule has 8 heteroatoms. The first-order chi connectivity index (χ1) is 15.5. The van der Waals surface area contributed by atoms with Crippen molar-refractivity contribution >= 4 is 17.5 Å². The van der Waals surface area contributed by atoms with Crippen LogP contribution in [0.5, 0.6) is 0 Å². The van der Waals surface area contributed by atoms with Gasteiger partial charge in [0.1, 0.15) is 0 Å². The molecule has 0 amide bonds. The van der Waals surface area contributed by atoms with E-state index in [4.69, 9.17) is 22.3 Å². The summed E-state index contributed by atoms with van der Waals surface area (Å²) in [6.07, 6.45) is 16.7. The van der Waals surface area contributed by atoms with E-state index in [0.29, 0.717) is 35.1 Å². The van der Waals surface area contributed by atoms with Crippen molar-refractivity contribution in [2.75, 3.05) is 5.32 Å². The van der Waals surface area contributed by atoms with Crippen LogP contribution in [-0.2, 0) is 13.5 Å². The summed E-state index contributed by atoms with van der Waals surface area (Å²) in [6, 6.07) is 2.08. The first-order valence-electron chi connectivity index (χ1n) is 12.4. The quantitative estimate of drug-likeness (QED) is 0.580. The van der Waals surface area contributed by atoms with Gasteiger partial charge in [0.05, 0.1) is 23.1 Å². The van der Waals surface area contributed by atoms with Crippen LogP contribution < -0.4 is 16.4 Å². The van der Waals surface area contributed by atoms with Gasteiger partial charge in [-0.2, -0.15) is 5.10 Å².